The van der Waals surface area contributed by atoms with Crippen molar-refractivity contribution in [1.29, 1.82) is 0 Å². The maximum atomic E-state index is 15.9. The molecular formula is C22H23F2P. The van der Waals surface area contributed by atoms with E-state index in [2.05, 4.69) is 0 Å². The summed E-state index contributed by atoms with van der Waals surface area (Å²) in [5.41, 5.74) is 0. The van der Waals surface area contributed by atoms with E-state index in [4.69, 9.17) is 0 Å². The molecule has 3 aromatic rings. The predicted octanol–water partition coefficient (Wildman–Crippen LogP) is 4.76. The molecule has 25 heavy (non-hydrogen) atoms. The molecule has 0 saturated heterocycles. The van der Waals surface area contributed by atoms with Gasteiger partial charge in [0, 0.05) is 0 Å². The van der Waals surface area contributed by atoms with Crippen LogP contribution in [0.15, 0.2) is 91.0 Å². The van der Waals surface area contributed by atoms with E-state index in [1.807, 2.05) is 91.0 Å². The quantitative estimate of drug-likeness (QED) is 0.536. The molecular weight excluding hydrogens is 333 g/mol. The summed E-state index contributed by atoms with van der Waals surface area (Å²) in [6.45, 7) is -0.483. The van der Waals surface area contributed by atoms with Crippen LogP contribution in [-0.2, 0) is 0 Å². The van der Waals surface area contributed by atoms with Gasteiger partial charge in [-0.05, 0) is 0 Å². The molecule has 0 aliphatic carbocycles. The second-order valence-electron chi connectivity index (χ2n) is 6.20. The molecule has 0 aliphatic heterocycles. The number of halogens is 2. The zero-order valence-electron chi connectivity index (χ0n) is 14.1. The van der Waals surface area contributed by atoms with Crippen molar-refractivity contribution in [3.63, 3.8) is 0 Å². The standard InChI is InChI=1S/C22H23F2P/c23-18-10-17-22(24)25(19-11-4-1-5-12-19,20-13-6-2-7-14-20)21-15-8-3-9-16-21/h1-9,11-16,22,25H,10,17-18H2. The molecule has 0 N–H and O–H groups in total. The van der Waals surface area contributed by atoms with Gasteiger partial charge >= 0.3 is 148 Å². The van der Waals surface area contributed by atoms with Crippen LogP contribution in [0.25, 0.3) is 0 Å². The molecule has 3 aromatic carbocycles. The van der Waals surface area contributed by atoms with Gasteiger partial charge in [-0.1, -0.05) is 0 Å². The fourth-order valence-corrected chi connectivity index (χ4v) is 8.50. The van der Waals surface area contributed by atoms with E-state index in [1.54, 1.807) is 0 Å². The fraction of sp³-hybridized carbons (Fsp3) is 0.182. The van der Waals surface area contributed by atoms with Crippen LogP contribution in [0, 0.1) is 0 Å². The Hall–Kier alpha value is -2.05. The molecule has 0 fully saturated rings. The Bertz CT molecular complexity index is 663. The van der Waals surface area contributed by atoms with Gasteiger partial charge in [0.2, 0.25) is 0 Å². The van der Waals surface area contributed by atoms with Gasteiger partial charge in [0.1, 0.15) is 0 Å². The molecule has 0 amide bonds. The van der Waals surface area contributed by atoms with Crippen LogP contribution in [0.5, 0.6) is 0 Å². The summed E-state index contributed by atoms with van der Waals surface area (Å²) in [6, 6.07) is 29.8. The minimum atomic E-state index is -2.90. The summed E-state index contributed by atoms with van der Waals surface area (Å²) in [5, 5.41) is 3.08. The van der Waals surface area contributed by atoms with Crippen molar-refractivity contribution in [2.75, 3.05) is 6.67 Å². The van der Waals surface area contributed by atoms with Crippen LogP contribution in [0.4, 0.5) is 8.78 Å². The Morgan fingerprint density at radius 3 is 1.32 bits per heavy atom. The second kappa shape index (κ2) is 8.36. The van der Waals surface area contributed by atoms with Crippen molar-refractivity contribution in [3.8, 4) is 0 Å². The molecule has 0 saturated carbocycles. The summed E-state index contributed by atoms with van der Waals surface area (Å²) >= 11 is 0. The number of hydrogen-bond donors (Lipinski definition) is 0. The number of benzene rings is 3. The van der Waals surface area contributed by atoms with Gasteiger partial charge in [-0.2, -0.15) is 0 Å². The van der Waals surface area contributed by atoms with E-state index in [1.165, 1.54) is 0 Å². The van der Waals surface area contributed by atoms with Crippen LogP contribution < -0.4 is 15.9 Å². The van der Waals surface area contributed by atoms with Crippen LogP contribution in [0.1, 0.15) is 12.8 Å². The summed E-state index contributed by atoms with van der Waals surface area (Å²) in [7, 11) is -2.90. The Labute approximate surface area is 148 Å². The third-order valence-corrected chi connectivity index (χ3v) is 9.71. The molecule has 1 atom stereocenters. The average molecular weight is 356 g/mol. The third-order valence-electron chi connectivity index (χ3n) is 4.75. The molecule has 0 aliphatic rings. The summed E-state index contributed by atoms with van der Waals surface area (Å²) < 4.78 is 28.7. The van der Waals surface area contributed by atoms with Gasteiger partial charge in [-0.3, -0.25) is 0 Å². The van der Waals surface area contributed by atoms with Crippen molar-refractivity contribution in [3.05, 3.63) is 91.0 Å². The van der Waals surface area contributed by atoms with E-state index in [9.17, 15) is 4.39 Å². The van der Waals surface area contributed by atoms with E-state index < -0.39 is 19.8 Å². The van der Waals surface area contributed by atoms with Crippen LogP contribution in [0.3, 0.4) is 0 Å². The summed E-state index contributed by atoms with van der Waals surface area (Å²) in [5.74, 6) is -1.09. The first-order valence-corrected chi connectivity index (χ1v) is 10.7. The van der Waals surface area contributed by atoms with E-state index in [-0.39, 0.29) is 12.8 Å². The average Bonchev–Trinajstić information content (AvgIpc) is 2.69. The van der Waals surface area contributed by atoms with Gasteiger partial charge in [0.25, 0.3) is 0 Å². The summed E-state index contributed by atoms with van der Waals surface area (Å²) in [6.07, 6.45) is 0.490. The first-order chi connectivity index (χ1) is 12.3. The zero-order chi connectivity index (χ0) is 17.5. The van der Waals surface area contributed by atoms with Crippen molar-refractivity contribution in [1.82, 2.24) is 0 Å². The van der Waals surface area contributed by atoms with Gasteiger partial charge < -0.3 is 0 Å². The zero-order valence-corrected chi connectivity index (χ0v) is 15.1. The van der Waals surface area contributed by atoms with Crippen LogP contribution in [0.2, 0.25) is 0 Å². The molecule has 3 rings (SSSR count). The van der Waals surface area contributed by atoms with Gasteiger partial charge in [-0.15, -0.1) is 0 Å². The molecule has 0 bridgehead atoms. The Balaban J connectivity index is 2.28. The topological polar surface area (TPSA) is 0 Å². The number of rotatable bonds is 7. The normalized spacial score (nSPS) is 13.4. The molecule has 3 heteroatoms. The van der Waals surface area contributed by atoms with Crippen molar-refractivity contribution < 1.29 is 8.78 Å². The first kappa shape index (κ1) is 17.8. The first-order valence-electron chi connectivity index (χ1n) is 8.66. The SMILES string of the molecule is FCCCC(F)[PH](c1ccccc1)(c1ccccc1)c1ccccc1. The molecule has 0 aromatic heterocycles. The van der Waals surface area contributed by atoms with E-state index in [0.29, 0.717) is 0 Å². The Morgan fingerprint density at radius 2 is 1.00 bits per heavy atom. The van der Waals surface area contributed by atoms with Crippen LogP contribution in [-0.4, -0.2) is 12.6 Å². The van der Waals surface area contributed by atoms with Crippen molar-refractivity contribution >= 4 is 23.2 Å². The van der Waals surface area contributed by atoms with Crippen LogP contribution >= 0.6 is 7.26 Å². The second-order valence-corrected chi connectivity index (χ2v) is 10.2. The number of alkyl halides is 2. The fourth-order valence-electron chi connectivity index (χ4n) is 3.62. The third kappa shape index (κ3) is 3.50. The molecule has 0 radical (unpaired) electrons. The summed E-state index contributed by atoms with van der Waals surface area (Å²) in [4.78, 5) is 0. The number of hydrogen-bond acceptors (Lipinski definition) is 0. The molecule has 0 heterocycles. The van der Waals surface area contributed by atoms with Crippen molar-refractivity contribution in [2.45, 2.75) is 18.8 Å². The predicted molar refractivity (Wildman–Crippen MR) is 107 cm³/mol. The molecule has 0 nitrogen and oxygen atoms in total. The molecule has 1 unspecified atom stereocenters. The molecule has 130 valence electrons. The Morgan fingerprint density at radius 1 is 0.640 bits per heavy atom. The minimum absolute atomic E-state index is 0.238. The van der Waals surface area contributed by atoms with E-state index >= 15 is 4.39 Å². The molecule has 0 spiro atoms. The monoisotopic (exact) mass is 356 g/mol. The maximum absolute atomic E-state index is 15.9. The van der Waals surface area contributed by atoms with Gasteiger partial charge in [0.15, 0.2) is 0 Å². The van der Waals surface area contributed by atoms with E-state index in [0.717, 1.165) is 15.9 Å². The van der Waals surface area contributed by atoms with Gasteiger partial charge in [0.05, 0.1) is 0 Å². The van der Waals surface area contributed by atoms with Crippen molar-refractivity contribution in [2.24, 2.45) is 0 Å². The Kier molecular flexibility index (Phi) is 5.94. The van der Waals surface area contributed by atoms with Gasteiger partial charge in [-0.25, -0.2) is 0 Å².